The summed E-state index contributed by atoms with van der Waals surface area (Å²) in [5.41, 5.74) is 1.65. The molecule has 0 aliphatic carbocycles. The number of tetrazole rings is 1. The van der Waals surface area contributed by atoms with Gasteiger partial charge in [-0.3, -0.25) is 4.57 Å². The molecule has 0 saturated carbocycles. The zero-order valence-electron chi connectivity index (χ0n) is 15.1. The van der Waals surface area contributed by atoms with E-state index in [2.05, 4.69) is 32.3 Å². The second kappa shape index (κ2) is 8.77. The maximum absolute atomic E-state index is 6.36. The number of para-hydroxylation sites is 1. The summed E-state index contributed by atoms with van der Waals surface area (Å²) in [6.07, 6.45) is 1.79. The second-order valence-electron chi connectivity index (χ2n) is 5.96. The molecule has 0 saturated heterocycles. The van der Waals surface area contributed by atoms with Crippen LogP contribution in [0.4, 0.5) is 0 Å². The number of rotatable bonds is 7. The molecule has 29 heavy (non-hydrogen) atoms. The molecule has 2 aromatic heterocycles. The number of nitrogens with zero attached hydrogens (tertiary/aromatic N) is 7. The van der Waals surface area contributed by atoms with E-state index < -0.39 is 0 Å². The number of hydrogen-bond donors (Lipinski definition) is 0. The highest BCUT2D eigenvalue weighted by Crippen LogP contribution is 2.32. The number of aromatic nitrogens is 7. The molecule has 0 spiro atoms. The molecule has 0 bridgehead atoms. The standard InChI is InChI=1S/C19H15Cl2N7S/c1-2-10-27-18(15-9-8-13(20)11-16(15)21)23-24-19(27)29-12-17-22-25-26-28(17)14-6-4-3-5-7-14/h2-9,11H,1,10,12H2. The van der Waals surface area contributed by atoms with Crippen molar-refractivity contribution in [1.29, 1.82) is 0 Å². The SMILES string of the molecule is C=CCn1c(SCc2nnnn2-c2ccccc2)nnc1-c1ccc(Cl)cc1Cl. The minimum absolute atomic E-state index is 0.514. The number of halogens is 2. The Morgan fingerprint density at radius 1 is 1.03 bits per heavy atom. The van der Waals surface area contributed by atoms with E-state index in [0.29, 0.717) is 39.1 Å². The van der Waals surface area contributed by atoms with Crippen molar-refractivity contribution in [2.24, 2.45) is 0 Å². The van der Waals surface area contributed by atoms with Gasteiger partial charge in [0, 0.05) is 17.1 Å². The summed E-state index contributed by atoms with van der Waals surface area (Å²) in [7, 11) is 0. The van der Waals surface area contributed by atoms with Crippen molar-refractivity contribution in [2.75, 3.05) is 0 Å². The molecule has 0 unspecified atom stereocenters. The largest absolute Gasteiger partial charge is 0.298 e. The van der Waals surface area contributed by atoms with Crippen molar-refractivity contribution in [3.05, 3.63) is 77.1 Å². The van der Waals surface area contributed by atoms with Crippen LogP contribution < -0.4 is 0 Å². The van der Waals surface area contributed by atoms with Gasteiger partial charge in [0.05, 0.1) is 16.5 Å². The third kappa shape index (κ3) is 4.19. The second-order valence-corrected chi connectivity index (χ2v) is 7.75. The van der Waals surface area contributed by atoms with Crippen LogP contribution in [0.3, 0.4) is 0 Å². The van der Waals surface area contributed by atoms with Crippen molar-refractivity contribution in [3.8, 4) is 17.1 Å². The van der Waals surface area contributed by atoms with E-state index in [1.807, 2.05) is 41.0 Å². The average molecular weight is 444 g/mol. The smallest absolute Gasteiger partial charge is 0.192 e. The molecule has 7 nitrogen and oxygen atoms in total. The van der Waals surface area contributed by atoms with Crippen LogP contribution in [-0.2, 0) is 12.3 Å². The molecule has 4 aromatic rings. The molecule has 10 heteroatoms. The van der Waals surface area contributed by atoms with Gasteiger partial charge in [-0.05, 0) is 40.8 Å². The number of thioether (sulfide) groups is 1. The van der Waals surface area contributed by atoms with Gasteiger partial charge in [-0.25, -0.2) is 0 Å². The summed E-state index contributed by atoms with van der Waals surface area (Å²) >= 11 is 13.9. The Morgan fingerprint density at radius 3 is 2.62 bits per heavy atom. The Balaban J connectivity index is 1.61. The van der Waals surface area contributed by atoms with Gasteiger partial charge in [-0.2, -0.15) is 4.68 Å². The molecule has 0 N–H and O–H groups in total. The van der Waals surface area contributed by atoms with E-state index in [1.54, 1.807) is 22.9 Å². The zero-order valence-corrected chi connectivity index (χ0v) is 17.4. The van der Waals surface area contributed by atoms with Gasteiger partial charge in [0.25, 0.3) is 0 Å². The zero-order chi connectivity index (χ0) is 20.2. The summed E-state index contributed by atoms with van der Waals surface area (Å²) in [5, 5.41) is 22.5. The van der Waals surface area contributed by atoms with E-state index in [0.717, 1.165) is 11.3 Å². The van der Waals surface area contributed by atoms with Crippen LogP contribution in [0.15, 0.2) is 66.3 Å². The first-order valence-corrected chi connectivity index (χ1v) is 10.4. The first-order valence-electron chi connectivity index (χ1n) is 8.62. The predicted octanol–water partition coefficient (Wildman–Crippen LogP) is 4.71. The van der Waals surface area contributed by atoms with Crippen LogP contribution in [0.2, 0.25) is 10.0 Å². The van der Waals surface area contributed by atoms with Gasteiger partial charge >= 0.3 is 0 Å². The van der Waals surface area contributed by atoms with Gasteiger partial charge in [0.1, 0.15) is 0 Å². The van der Waals surface area contributed by atoms with Crippen LogP contribution in [0, 0.1) is 0 Å². The first-order chi connectivity index (χ1) is 14.2. The van der Waals surface area contributed by atoms with Gasteiger partial charge in [0.2, 0.25) is 0 Å². The quantitative estimate of drug-likeness (QED) is 0.304. The molecule has 2 heterocycles. The molecule has 0 atom stereocenters. The summed E-state index contributed by atoms with van der Waals surface area (Å²) in [4.78, 5) is 0. The summed E-state index contributed by atoms with van der Waals surface area (Å²) in [5.74, 6) is 1.88. The van der Waals surface area contributed by atoms with Gasteiger partial charge in [-0.15, -0.1) is 21.9 Å². The number of benzene rings is 2. The van der Waals surface area contributed by atoms with Crippen LogP contribution in [0.25, 0.3) is 17.1 Å². The Labute approximate surface area is 181 Å². The van der Waals surface area contributed by atoms with E-state index >= 15 is 0 Å². The molecule has 0 radical (unpaired) electrons. The summed E-state index contributed by atoms with van der Waals surface area (Å²) in [6.45, 7) is 4.37. The first kappa shape index (κ1) is 19.6. The van der Waals surface area contributed by atoms with E-state index in [4.69, 9.17) is 23.2 Å². The molecule has 146 valence electrons. The highest BCUT2D eigenvalue weighted by Gasteiger charge is 2.17. The molecule has 0 amide bonds. The van der Waals surface area contributed by atoms with Crippen LogP contribution in [-0.4, -0.2) is 35.0 Å². The Bertz CT molecular complexity index is 1140. The van der Waals surface area contributed by atoms with Gasteiger partial charge in [-0.1, -0.05) is 59.2 Å². The van der Waals surface area contributed by atoms with Crippen LogP contribution in [0.1, 0.15) is 5.82 Å². The van der Waals surface area contributed by atoms with Gasteiger partial charge < -0.3 is 0 Å². The maximum atomic E-state index is 6.36. The number of hydrogen-bond acceptors (Lipinski definition) is 6. The third-order valence-electron chi connectivity index (χ3n) is 4.07. The van der Waals surface area contributed by atoms with Crippen molar-refractivity contribution >= 4 is 35.0 Å². The third-order valence-corrected chi connectivity index (χ3v) is 5.58. The van der Waals surface area contributed by atoms with Crippen molar-refractivity contribution in [3.63, 3.8) is 0 Å². The van der Waals surface area contributed by atoms with E-state index in [9.17, 15) is 0 Å². The van der Waals surface area contributed by atoms with E-state index in [-0.39, 0.29) is 0 Å². The highest BCUT2D eigenvalue weighted by molar-refractivity contribution is 7.98. The molecular formula is C19H15Cl2N7S. The minimum Gasteiger partial charge on any atom is -0.298 e. The predicted molar refractivity (Wildman–Crippen MR) is 114 cm³/mol. The Kier molecular flexibility index (Phi) is 5.94. The fourth-order valence-corrected chi connectivity index (χ4v) is 4.10. The minimum atomic E-state index is 0.514. The lowest BCUT2D eigenvalue weighted by atomic mass is 10.2. The Morgan fingerprint density at radius 2 is 1.86 bits per heavy atom. The Hall–Kier alpha value is -2.68. The lowest BCUT2D eigenvalue weighted by Crippen LogP contribution is -2.04. The number of allylic oxidation sites excluding steroid dienone is 1. The lowest BCUT2D eigenvalue weighted by molar-refractivity contribution is 0.729. The molecular weight excluding hydrogens is 429 g/mol. The topological polar surface area (TPSA) is 74.3 Å². The monoisotopic (exact) mass is 443 g/mol. The van der Waals surface area contributed by atoms with Crippen molar-refractivity contribution in [2.45, 2.75) is 17.5 Å². The van der Waals surface area contributed by atoms with Crippen LogP contribution in [0.5, 0.6) is 0 Å². The van der Waals surface area contributed by atoms with E-state index in [1.165, 1.54) is 11.8 Å². The normalized spacial score (nSPS) is 11.0. The summed E-state index contributed by atoms with van der Waals surface area (Å²) in [6, 6.07) is 15.0. The van der Waals surface area contributed by atoms with Crippen molar-refractivity contribution in [1.82, 2.24) is 35.0 Å². The maximum Gasteiger partial charge on any atom is 0.192 e. The molecule has 0 aliphatic heterocycles. The molecule has 0 aliphatic rings. The fourth-order valence-electron chi connectivity index (χ4n) is 2.75. The highest BCUT2D eigenvalue weighted by atomic mass is 35.5. The van der Waals surface area contributed by atoms with Crippen LogP contribution >= 0.6 is 35.0 Å². The molecule has 4 rings (SSSR count). The fraction of sp³-hybridized carbons (Fsp3) is 0.105. The van der Waals surface area contributed by atoms with Crippen molar-refractivity contribution < 1.29 is 0 Å². The molecule has 0 fully saturated rings. The molecule has 2 aromatic carbocycles. The average Bonchev–Trinajstić information content (AvgIpc) is 3.35. The van der Waals surface area contributed by atoms with Gasteiger partial charge in [0.15, 0.2) is 16.8 Å². The lowest BCUT2D eigenvalue weighted by Gasteiger charge is -2.09. The summed E-state index contributed by atoms with van der Waals surface area (Å²) < 4.78 is 3.65.